The number of thiazole rings is 1. The van der Waals surface area contributed by atoms with Crippen molar-refractivity contribution in [2.45, 2.75) is 19.5 Å². The summed E-state index contributed by atoms with van der Waals surface area (Å²) in [5.74, 6) is -0.100. The molecule has 8 heteroatoms. The predicted molar refractivity (Wildman–Crippen MR) is 132 cm³/mol. The summed E-state index contributed by atoms with van der Waals surface area (Å²) in [6.07, 6.45) is 2.40. The molecule has 6 nitrogen and oxygen atoms in total. The van der Waals surface area contributed by atoms with E-state index in [0.29, 0.717) is 0 Å². The number of para-hydroxylation sites is 1. The van der Waals surface area contributed by atoms with Crippen LogP contribution < -0.4 is 5.32 Å². The van der Waals surface area contributed by atoms with Crippen LogP contribution in [0, 0.1) is 0 Å². The molecule has 0 aliphatic carbocycles. The monoisotopic (exact) mass is 472 g/mol. The Labute approximate surface area is 198 Å². The Morgan fingerprint density at radius 1 is 1.06 bits per heavy atom. The minimum absolute atomic E-state index is 0.197. The number of aromatic nitrogens is 2. The molecule has 0 bridgehead atoms. The van der Waals surface area contributed by atoms with Crippen LogP contribution in [-0.4, -0.2) is 27.5 Å². The molecule has 2 aromatic carbocycles. The Kier molecular flexibility index (Phi) is 5.26. The average molecular weight is 473 g/mol. The highest BCUT2D eigenvalue weighted by atomic mass is 32.1. The molecule has 0 saturated heterocycles. The normalized spacial score (nSPS) is 13.8. The zero-order chi connectivity index (χ0) is 22.2. The largest absolute Gasteiger partial charge is 0.351 e. The molecule has 4 heterocycles. The van der Waals surface area contributed by atoms with Crippen LogP contribution in [0.5, 0.6) is 0 Å². The molecule has 0 saturated carbocycles. The third-order valence-electron chi connectivity index (χ3n) is 5.78. The van der Waals surface area contributed by atoms with Crippen LogP contribution in [0.2, 0.25) is 0 Å². The number of carbonyl (C=O) groups is 1. The molecule has 5 aromatic rings. The maximum atomic E-state index is 12.8. The van der Waals surface area contributed by atoms with Gasteiger partial charge in [-0.1, -0.05) is 47.6 Å². The van der Waals surface area contributed by atoms with E-state index < -0.39 is 0 Å². The Hall–Kier alpha value is -3.33. The van der Waals surface area contributed by atoms with Crippen LogP contribution in [-0.2, 0) is 19.5 Å². The van der Waals surface area contributed by atoms with Gasteiger partial charge in [0.25, 0.3) is 5.91 Å². The Morgan fingerprint density at radius 3 is 2.73 bits per heavy atom. The van der Waals surface area contributed by atoms with Crippen molar-refractivity contribution in [3.63, 3.8) is 0 Å². The molecule has 1 aliphatic heterocycles. The van der Waals surface area contributed by atoms with E-state index in [1.54, 1.807) is 28.7 Å². The zero-order valence-electron chi connectivity index (χ0n) is 17.7. The van der Waals surface area contributed by atoms with Crippen molar-refractivity contribution >= 4 is 43.8 Å². The summed E-state index contributed by atoms with van der Waals surface area (Å²) in [4.78, 5) is 21.4. The lowest BCUT2D eigenvalue weighted by atomic mass is 10.0. The Morgan fingerprint density at radius 2 is 1.91 bits per heavy atom. The Balaban J connectivity index is 1.37. The second kappa shape index (κ2) is 8.55. The van der Waals surface area contributed by atoms with Crippen molar-refractivity contribution in [3.05, 3.63) is 88.6 Å². The highest BCUT2D eigenvalue weighted by Crippen LogP contribution is 2.46. The number of fused-ring (bicyclic) bond motifs is 2. The van der Waals surface area contributed by atoms with Crippen molar-refractivity contribution in [1.82, 2.24) is 15.0 Å². The smallest absolute Gasteiger partial charge is 0.294 e. The standard InChI is InChI=1S/C25H20N4O2S2/c30-23(19-10-12-26-31-19)28-25-22(24-27-18-8-4-5-9-20(18)32-24)17-11-13-29(15-21(17)33-25)14-16-6-2-1-3-7-16/h1-10,12H,11,13-15H2,(H,28,30). The number of thiophene rings is 1. The first-order valence-electron chi connectivity index (χ1n) is 10.7. The molecule has 0 atom stereocenters. The van der Waals surface area contributed by atoms with Crippen LogP contribution in [0.4, 0.5) is 5.00 Å². The van der Waals surface area contributed by atoms with Crippen LogP contribution in [0.1, 0.15) is 26.6 Å². The maximum absolute atomic E-state index is 12.8. The second-order valence-corrected chi connectivity index (χ2v) is 10.1. The zero-order valence-corrected chi connectivity index (χ0v) is 19.3. The topological polar surface area (TPSA) is 71.3 Å². The number of hydrogen-bond donors (Lipinski definition) is 1. The number of carbonyl (C=O) groups excluding carboxylic acids is 1. The summed E-state index contributed by atoms with van der Waals surface area (Å²) in [7, 11) is 0. The molecular formula is C25H20N4O2S2. The first-order chi connectivity index (χ1) is 16.2. The fourth-order valence-corrected chi connectivity index (χ4v) is 6.62. The van der Waals surface area contributed by atoms with Crippen LogP contribution in [0.15, 0.2) is 71.4 Å². The number of rotatable bonds is 5. The van der Waals surface area contributed by atoms with Crippen LogP contribution in [0.25, 0.3) is 20.8 Å². The Bertz CT molecular complexity index is 1390. The molecule has 0 radical (unpaired) electrons. The van der Waals surface area contributed by atoms with E-state index in [4.69, 9.17) is 9.51 Å². The molecule has 164 valence electrons. The first-order valence-corrected chi connectivity index (χ1v) is 12.4. The van der Waals surface area contributed by atoms with E-state index in [1.165, 1.54) is 22.2 Å². The van der Waals surface area contributed by atoms with Crippen molar-refractivity contribution in [1.29, 1.82) is 0 Å². The van der Waals surface area contributed by atoms with Gasteiger partial charge in [-0.3, -0.25) is 9.69 Å². The first kappa shape index (κ1) is 20.3. The van der Waals surface area contributed by atoms with Gasteiger partial charge in [0.15, 0.2) is 0 Å². The third-order valence-corrected chi connectivity index (χ3v) is 7.97. The van der Waals surface area contributed by atoms with Gasteiger partial charge < -0.3 is 9.84 Å². The van der Waals surface area contributed by atoms with Gasteiger partial charge in [-0.05, 0) is 29.7 Å². The summed E-state index contributed by atoms with van der Waals surface area (Å²) in [6.45, 7) is 2.73. The molecular weight excluding hydrogens is 452 g/mol. The van der Waals surface area contributed by atoms with Crippen molar-refractivity contribution < 1.29 is 9.32 Å². The van der Waals surface area contributed by atoms with E-state index in [0.717, 1.165) is 51.8 Å². The fourth-order valence-electron chi connectivity index (χ4n) is 4.22. The van der Waals surface area contributed by atoms with E-state index >= 15 is 0 Å². The highest BCUT2D eigenvalue weighted by molar-refractivity contribution is 7.23. The second-order valence-electron chi connectivity index (χ2n) is 7.97. The van der Waals surface area contributed by atoms with Gasteiger partial charge >= 0.3 is 0 Å². The van der Waals surface area contributed by atoms with Crippen LogP contribution in [0.3, 0.4) is 0 Å². The molecule has 1 aliphatic rings. The minimum atomic E-state index is -0.297. The van der Waals surface area contributed by atoms with Gasteiger partial charge in [-0.25, -0.2) is 4.98 Å². The van der Waals surface area contributed by atoms with E-state index in [2.05, 4.69) is 45.7 Å². The predicted octanol–water partition coefficient (Wildman–Crippen LogP) is 5.82. The fraction of sp³-hybridized carbons (Fsp3) is 0.160. The molecule has 1 N–H and O–H groups in total. The van der Waals surface area contributed by atoms with Gasteiger partial charge in [0.1, 0.15) is 10.0 Å². The molecule has 0 unspecified atom stereocenters. The van der Waals surface area contributed by atoms with Gasteiger partial charge in [0.2, 0.25) is 5.76 Å². The SMILES string of the molecule is O=C(Nc1sc2c(c1-c1nc3ccccc3s1)CCN(Cc1ccccc1)C2)c1ccno1. The lowest BCUT2D eigenvalue weighted by Gasteiger charge is -2.27. The molecule has 33 heavy (non-hydrogen) atoms. The van der Waals surface area contributed by atoms with Crippen molar-refractivity contribution in [2.24, 2.45) is 0 Å². The molecule has 3 aromatic heterocycles. The lowest BCUT2D eigenvalue weighted by Crippen LogP contribution is -2.29. The number of hydrogen-bond acceptors (Lipinski definition) is 7. The number of nitrogens with zero attached hydrogens (tertiary/aromatic N) is 3. The number of anilines is 1. The van der Waals surface area contributed by atoms with E-state index in [9.17, 15) is 4.79 Å². The summed E-state index contributed by atoms with van der Waals surface area (Å²) < 4.78 is 6.21. The van der Waals surface area contributed by atoms with E-state index in [1.807, 2.05) is 24.3 Å². The minimum Gasteiger partial charge on any atom is -0.351 e. The van der Waals surface area contributed by atoms with Crippen molar-refractivity contribution in [2.75, 3.05) is 11.9 Å². The van der Waals surface area contributed by atoms with Gasteiger partial charge in [-0.2, -0.15) is 0 Å². The molecule has 0 spiro atoms. The number of nitrogens with one attached hydrogen (secondary N) is 1. The summed E-state index contributed by atoms with van der Waals surface area (Å²) in [6, 6.07) is 20.3. The summed E-state index contributed by atoms with van der Waals surface area (Å²) in [5, 5.41) is 8.50. The van der Waals surface area contributed by atoms with E-state index in [-0.39, 0.29) is 11.7 Å². The van der Waals surface area contributed by atoms with Gasteiger partial charge in [-0.15, -0.1) is 22.7 Å². The summed E-state index contributed by atoms with van der Waals surface area (Å²) >= 11 is 3.30. The maximum Gasteiger partial charge on any atom is 0.294 e. The summed E-state index contributed by atoms with van der Waals surface area (Å²) in [5.41, 5.74) is 4.62. The molecule has 0 fully saturated rings. The van der Waals surface area contributed by atoms with Gasteiger partial charge in [0, 0.05) is 36.1 Å². The molecule has 6 rings (SSSR count). The quantitative estimate of drug-likeness (QED) is 0.349. The highest BCUT2D eigenvalue weighted by Gasteiger charge is 2.28. The lowest BCUT2D eigenvalue weighted by molar-refractivity contribution is 0.0988. The number of amides is 1. The molecule has 1 amide bonds. The van der Waals surface area contributed by atoms with Gasteiger partial charge in [0.05, 0.1) is 16.4 Å². The number of benzene rings is 2. The van der Waals surface area contributed by atoms with Crippen LogP contribution >= 0.6 is 22.7 Å². The average Bonchev–Trinajstić information content (AvgIpc) is 3.57. The van der Waals surface area contributed by atoms with Crippen molar-refractivity contribution in [3.8, 4) is 10.6 Å². The third kappa shape index (κ3) is 3.97.